The Bertz CT molecular complexity index is 387. The average Bonchev–Trinajstić information content (AvgIpc) is 2.27. The molecule has 2 rings (SSSR count). The van der Waals surface area contributed by atoms with Gasteiger partial charge in [0.25, 0.3) is 0 Å². The van der Waals surface area contributed by atoms with Crippen molar-refractivity contribution >= 4 is 17.6 Å². The SMILES string of the molecule is Cc1nc(N2CC(C)SC(C)C2)ccc1CO. The molecule has 0 aromatic carbocycles. The lowest BCUT2D eigenvalue weighted by Crippen LogP contribution is -2.40. The lowest BCUT2D eigenvalue weighted by Gasteiger charge is -2.35. The molecule has 1 fully saturated rings. The highest BCUT2D eigenvalue weighted by molar-refractivity contribution is 8.00. The first-order chi connectivity index (χ1) is 8.10. The van der Waals surface area contributed by atoms with Crippen LogP contribution in [0, 0.1) is 6.92 Å². The number of hydrogen-bond acceptors (Lipinski definition) is 4. The largest absolute Gasteiger partial charge is 0.392 e. The van der Waals surface area contributed by atoms with Crippen LogP contribution < -0.4 is 4.90 Å². The van der Waals surface area contributed by atoms with Crippen molar-refractivity contribution in [3.05, 3.63) is 23.4 Å². The molecule has 0 bridgehead atoms. The van der Waals surface area contributed by atoms with Gasteiger partial charge in [-0.25, -0.2) is 4.98 Å². The van der Waals surface area contributed by atoms with Crippen molar-refractivity contribution in [3.63, 3.8) is 0 Å². The van der Waals surface area contributed by atoms with E-state index in [2.05, 4.69) is 23.7 Å². The van der Waals surface area contributed by atoms with Crippen LogP contribution in [0.15, 0.2) is 12.1 Å². The zero-order valence-electron chi connectivity index (χ0n) is 10.7. The molecule has 1 N–H and O–H groups in total. The second-order valence-electron chi connectivity index (χ2n) is 4.73. The molecule has 2 heterocycles. The number of hydrogen-bond donors (Lipinski definition) is 1. The fourth-order valence-corrected chi connectivity index (χ4v) is 3.61. The van der Waals surface area contributed by atoms with E-state index in [-0.39, 0.29) is 6.61 Å². The molecule has 2 atom stereocenters. The molecule has 1 saturated heterocycles. The quantitative estimate of drug-likeness (QED) is 0.875. The Hall–Kier alpha value is -0.740. The number of nitrogens with zero attached hydrogens (tertiary/aromatic N) is 2. The summed E-state index contributed by atoms with van der Waals surface area (Å²) in [4.78, 5) is 6.94. The summed E-state index contributed by atoms with van der Waals surface area (Å²) in [6, 6.07) is 4.00. The maximum Gasteiger partial charge on any atom is 0.128 e. The number of aliphatic hydroxyl groups is 1. The summed E-state index contributed by atoms with van der Waals surface area (Å²) in [5.74, 6) is 1.04. The molecule has 17 heavy (non-hydrogen) atoms. The number of aliphatic hydroxyl groups excluding tert-OH is 1. The van der Waals surface area contributed by atoms with Crippen molar-refractivity contribution in [3.8, 4) is 0 Å². The van der Waals surface area contributed by atoms with Crippen LogP contribution >= 0.6 is 11.8 Å². The minimum atomic E-state index is 0.0712. The number of aryl methyl sites for hydroxylation is 1. The van der Waals surface area contributed by atoms with Crippen LogP contribution in [0.2, 0.25) is 0 Å². The first-order valence-corrected chi connectivity index (χ1v) is 7.02. The van der Waals surface area contributed by atoms with E-state index in [1.54, 1.807) is 0 Å². The lowest BCUT2D eigenvalue weighted by molar-refractivity contribution is 0.280. The Labute approximate surface area is 107 Å². The minimum absolute atomic E-state index is 0.0712. The Balaban J connectivity index is 2.19. The van der Waals surface area contributed by atoms with Crippen molar-refractivity contribution in [2.24, 2.45) is 0 Å². The van der Waals surface area contributed by atoms with E-state index in [9.17, 15) is 0 Å². The van der Waals surface area contributed by atoms with Gasteiger partial charge >= 0.3 is 0 Å². The highest BCUT2D eigenvalue weighted by Gasteiger charge is 2.23. The molecule has 1 aliphatic rings. The second kappa shape index (κ2) is 5.27. The van der Waals surface area contributed by atoms with Gasteiger partial charge < -0.3 is 10.0 Å². The van der Waals surface area contributed by atoms with Crippen LogP contribution in [0.1, 0.15) is 25.1 Å². The fraction of sp³-hybridized carbons (Fsp3) is 0.615. The van der Waals surface area contributed by atoms with Crippen molar-refractivity contribution in [2.45, 2.75) is 37.9 Å². The molecule has 0 radical (unpaired) electrons. The van der Waals surface area contributed by atoms with Gasteiger partial charge in [-0.15, -0.1) is 0 Å². The van der Waals surface area contributed by atoms with Gasteiger partial charge in [-0.05, 0) is 18.6 Å². The Kier molecular flexibility index (Phi) is 3.94. The Morgan fingerprint density at radius 3 is 2.53 bits per heavy atom. The molecular weight excluding hydrogens is 232 g/mol. The summed E-state index contributed by atoms with van der Waals surface area (Å²) in [5, 5.41) is 10.4. The fourth-order valence-electron chi connectivity index (χ4n) is 2.28. The van der Waals surface area contributed by atoms with Crippen LogP contribution in [0.4, 0.5) is 5.82 Å². The standard InChI is InChI=1S/C13H20N2OS/c1-9-6-15(7-10(2)17-9)13-5-4-12(8-16)11(3)14-13/h4-5,9-10,16H,6-8H2,1-3H3. The van der Waals surface area contributed by atoms with Crippen molar-refractivity contribution in [1.29, 1.82) is 0 Å². The summed E-state index contributed by atoms with van der Waals surface area (Å²) in [6.45, 7) is 8.67. The summed E-state index contributed by atoms with van der Waals surface area (Å²) in [5.41, 5.74) is 1.85. The number of thioether (sulfide) groups is 1. The maximum atomic E-state index is 9.15. The third kappa shape index (κ3) is 2.93. The molecule has 1 aliphatic heterocycles. The first-order valence-electron chi connectivity index (χ1n) is 6.08. The van der Waals surface area contributed by atoms with Gasteiger partial charge in [-0.3, -0.25) is 0 Å². The third-order valence-electron chi connectivity index (χ3n) is 3.09. The summed E-state index contributed by atoms with van der Waals surface area (Å²) in [7, 11) is 0. The third-order valence-corrected chi connectivity index (χ3v) is 4.32. The van der Waals surface area contributed by atoms with Gasteiger partial charge in [0, 0.05) is 29.3 Å². The predicted octanol–water partition coefficient (Wildman–Crippen LogP) is 2.21. The zero-order valence-corrected chi connectivity index (χ0v) is 11.5. The molecule has 1 aromatic heterocycles. The van der Waals surface area contributed by atoms with Crippen molar-refractivity contribution < 1.29 is 5.11 Å². The number of anilines is 1. The van der Waals surface area contributed by atoms with Gasteiger partial charge in [0.1, 0.15) is 5.82 Å². The number of pyridine rings is 1. The van der Waals surface area contributed by atoms with Gasteiger partial charge in [0.15, 0.2) is 0 Å². The highest BCUT2D eigenvalue weighted by atomic mass is 32.2. The molecule has 94 valence electrons. The molecule has 3 nitrogen and oxygen atoms in total. The monoisotopic (exact) mass is 252 g/mol. The van der Waals surface area contributed by atoms with Crippen LogP contribution in [-0.4, -0.2) is 33.7 Å². The van der Waals surface area contributed by atoms with E-state index >= 15 is 0 Å². The van der Waals surface area contributed by atoms with Crippen molar-refractivity contribution in [2.75, 3.05) is 18.0 Å². The van der Waals surface area contributed by atoms with Crippen LogP contribution in [0.3, 0.4) is 0 Å². The lowest BCUT2D eigenvalue weighted by atomic mass is 10.2. The molecule has 0 aliphatic carbocycles. The molecule has 0 amide bonds. The van der Waals surface area contributed by atoms with E-state index < -0.39 is 0 Å². The molecule has 1 aromatic rings. The van der Waals surface area contributed by atoms with E-state index in [0.717, 1.165) is 30.2 Å². The smallest absolute Gasteiger partial charge is 0.128 e. The maximum absolute atomic E-state index is 9.15. The van der Waals surface area contributed by atoms with E-state index in [0.29, 0.717) is 10.5 Å². The summed E-state index contributed by atoms with van der Waals surface area (Å²) < 4.78 is 0. The van der Waals surface area contributed by atoms with Gasteiger partial charge in [0.2, 0.25) is 0 Å². The molecule has 4 heteroatoms. The molecule has 0 spiro atoms. The van der Waals surface area contributed by atoms with Crippen LogP contribution in [-0.2, 0) is 6.61 Å². The molecular formula is C13H20N2OS. The van der Waals surface area contributed by atoms with E-state index in [1.165, 1.54) is 0 Å². The van der Waals surface area contributed by atoms with Crippen molar-refractivity contribution in [1.82, 2.24) is 4.98 Å². The van der Waals surface area contributed by atoms with Gasteiger partial charge in [-0.2, -0.15) is 11.8 Å². The van der Waals surface area contributed by atoms with Gasteiger partial charge in [-0.1, -0.05) is 19.9 Å². The molecule has 2 unspecified atom stereocenters. The second-order valence-corrected chi connectivity index (χ2v) is 6.62. The Morgan fingerprint density at radius 2 is 2.00 bits per heavy atom. The highest BCUT2D eigenvalue weighted by Crippen LogP contribution is 2.28. The van der Waals surface area contributed by atoms with E-state index in [1.807, 2.05) is 30.8 Å². The van der Waals surface area contributed by atoms with Crippen LogP contribution in [0.25, 0.3) is 0 Å². The summed E-state index contributed by atoms with van der Waals surface area (Å²) >= 11 is 2.04. The number of aromatic nitrogens is 1. The number of rotatable bonds is 2. The summed E-state index contributed by atoms with van der Waals surface area (Å²) in [6.07, 6.45) is 0. The predicted molar refractivity (Wildman–Crippen MR) is 73.6 cm³/mol. The van der Waals surface area contributed by atoms with Crippen LogP contribution in [0.5, 0.6) is 0 Å². The first kappa shape index (κ1) is 12.7. The Morgan fingerprint density at radius 1 is 1.35 bits per heavy atom. The minimum Gasteiger partial charge on any atom is -0.392 e. The zero-order chi connectivity index (χ0) is 12.4. The topological polar surface area (TPSA) is 36.4 Å². The normalized spacial score (nSPS) is 25.1. The average molecular weight is 252 g/mol. The molecule has 0 saturated carbocycles. The van der Waals surface area contributed by atoms with E-state index in [4.69, 9.17) is 5.11 Å². The van der Waals surface area contributed by atoms with Gasteiger partial charge in [0.05, 0.1) is 6.61 Å².